The first-order valence-corrected chi connectivity index (χ1v) is 8.67. The Morgan fingerprint density at radius 2 is 1.96 bits per heavy atom. The first kappa shape index (κ1) is 18.2. The fraction of sp³-hybridized carbons (Fsp3) is 0.471. The molecule has 3 N–H and O–H groups in total. The maximum absolute atomic E-state index is 12.9. The van der Waals surface area contributed by atoms with Crippen LogP contribution in [0, 0.1) is 11.8 Å². The standard InChI is InChI=1S/C17H22N6O3/c18-23(17-19-14-7-3-4-8-15(14)20-21-17)16(25)13(10-22(26)11-24)9-12-5-1-2-6-12/h3-4,7-8,11-13,26H,1-2,5-6,9-10,18H2. The van der Waals surface area contributed by atoms with Crippen LogP contribution in [-0.2, 0) is 9.59 Å². The van der Waals surface area contributed by atoms with Crippen LogP contribution in [0.25, 0.3) is 11.0 Å². The number of hydrogen-bond donors (Lipinski definition) is 2. The number of rotatable bonds is 7. The Balaban J connectivity index is 1.79. The molecule has 2 amide bonds. The molecule has 0 spiro atoms. The molecule has 1 aliphatic carbocycles. The normalized spacial score (nSPS) is 15.8. The highest BCUT2D eigenvalue weighted by Gasteiger charge is 2.30. The third-order valence-corrected chi connectivity index (χ3v) is 4.77. The lowest BCUT2D eigenvalue weighted by Crippen LogP contribution is -2.46. The number of hydrazine groups is 1. The molecule has 9 nitrogen and oxygen atoms in total. The number of carbonyl (C=O) groups excluding carboxylic acids is 2. The molecule has 1 fully saturated rings. The van der Waals surface area contributed by atoms with Crippen molar-refractivity contribution >= 4 is 29.3 Å². The van der Waals surface area contributed by atoms with E-state index in [1.54, 1.807) is 18.2 Å². The second kappa shape index (κ2) is 8.15. The van der Waals surface area contributed by atoms with Gasteiger partial charge >= 0.3 is 0 Å². The van der Waals surface area contributed by atoms with Crippen molar-refractivity contribution in [1.29, 1.82) is 0 Å². The van der Waals surface area contributed by atoms with Crippen LogP contribution in [0.5, 0.6) is 0 Å². The largest absolute Gasteiger partial charge is 0.286 e. The van der Waals surface area contributed by atoms with Crippen molar-refractivity contribution in [3.8, 4) is 0 Å². The smallest absolute Gasteiger partial charge is 0.267 e. The van der Waals surface area contributed by atoms with Gasteiger partial charge in [-0.3, -0.25) is 14.8 Å². The quantitative estimate of drug-likeness (QED) is 0.251. The Labute approximate surface area is 150 Å². The molecule has 0 aliphatic heterocycles. The highest BCUT2D eigenvalue weighted by atomic mass is 16.5. The number of nitrogens with zero attached hydrogens (tertiary/aromatic N) is 5. The molecule has 1 aromatic heterocycles. The van der Waals surface area contributed by atoms with E-state index in [-0.39, 0.29) is 18.9 Å². The number of anilines is 1. The molecule has 0 radical (unpaired) electrons. The van der Waals surface area contributed by atoms with Crippen LogP contribution < -0.4 is 10.9 Å². The average molecular weight is 358 g/mol. The van der Waals surface area contributed by atoms with Gasteiger partial charge in [0.05, 0.1) is 18.0 Å². The number of nitrogens with two attached hydrogens (primary N) is 1. The molecule has 9 heteroatoms. The van der Waals surface area contributed by atoms with Gasteiger partial charge in [0.25, 0.3) is 5.95 Å². The summed E-state index contributed by atoms with van der Waals surface area (Å²) in [5, 5.41) is 18.8. The van der Waals surface area contributed by atoms with Gasteiger partial charge in [-0.05, 0) is 24.5 Å². The number of fused-ring (bicyclic) bond motifs is 1. The second-order valence-corrected chi connectivity index (χ2v) is 6.62. The lowest BCUT2D eigenvalue weighted by atomic mass is 9.92. The van der Waals surface area contributed by atoms with Crippen LogP contribution >= 0.6 is 0 Å². The van der Waals surface area contributed by atoms with E-state index in [4.69, 9.17) is 5.84 Å². The van der Waals surface area contributed by atoms with Gasteiger partial charge in [-0.2, -0.15) is 0 Å². The van der Waals surface area contributed by atoms with Gasteiger partial charge in [0.15, 0.2) is 0 Å². The van der Waals surface area contributed by atoms with Crippen molar-refractivity contribution < 1.29 is 14.8 Å². The van der Waals surface area contributed by atoms with Crippen LogP contribution in [0.2, 0.25) is 0 Å². The van der Waals surface area contributed by atoms with Crippen molar-refractivity contribution in [1.82, 2.24) is 20.2 Å². The summed E-state index contributed by atoms with van der Waals surface area (Å²) in [6, 6.07) is 7.14. The van der Waals surface area contributed by atoms with Crippen molar-refractivity contribution in [3.63, 3.8) is 0 Å². The number of benzene rings is 1. The SMILES string of the molecule is NN(C(=O)C(CC1CCCC1)CN(O)C=O)c1nnc2ccccc2n1. The maximum atomic E-state index is 12.9. The summed E-state index contributed by atoms with van der Waals surface area (Å²) in [5.74, 6) is 5.24. The molecule has 1 aromatic carbocycles. The molecule has 1 atom stereocenters. The number of hydrogen-bond acceptors (Lipinski definition) is 7. The van der Waals surface area contributed by atoms with E-state index in [1.165, 1.54) is 0 Å². The third kappa shape index (κ3) is 4.12. The molecule has 0 saturated heterocycles. The molecule has 2 aromatic rings. The molecule has 1 saturated carbocycles. The second-order valence-electron chi connectivity index (χ2n) is 6.62. The zero-order valence-corrected chi connectivity index (χ0v) is 14.4. The van der Waals surface area contributed by atoms with Crippen molar-refractivity contribution in [3.05, 3.63) is 24.3 Å². The predicted molar refractivity (Wildman–Crippen MR) is 93.6 cm³/mol. The lowest BCUT2D eigenvalue weighted by molar-refractivity contribution is -0.154. The van der Waals surface area contributed by atoms with Crippen molar-refractivity contribution in [2.45, 2.75) is 32.1 Å². The summed E-state index contributed by atoms with van der Waals surface area (Å²) < 4.78 is 0. The zero-order valence-electron chi connectivity index (χ0n) is 14.4. The summed E-state index contributed by atoms with van der Waals surface area (Å²) in [6.07, 6.45) is 5.17. The van der Waals surface area contributed by atoms with Crippen LogP contribution in [-0.4, -0.2) is 44.3 Å². The molecule has 1 heterocycles. The van der Waals surface area contributed by atoms with E-state index < -0.39 is 11.8 Å². The molecule has 138 valence electrons. The minimum absolute atomic E-state index is 0.0132. The maximum Gasteiger partial charge on any atom is 0.267 e. The fourth-order valence-corrected chi connectivity index (χ4v) is 3.44. The van der Waals surface area contributed by atoms with Crippen LogP contribution in [0.3, 0.4) is 0 Å². The fourth-order valence-electron chi connectivity index (χ4n) is 3.44. The molecule has 3 rings (SSSR count). The Morgan fingerprint density at radius 1 is 1.27 bits per heavy atom. The number of carbonyl (C=O) groups is 2. The summed E-state index contributed by atoms with van der Waals surface area (Å²) in [6.45, 7) is -0.118. The van der Waals surface area contributed by atoms with Gasteiger partial charge < -0.3 is 0 Å². The van der Waals surface area contributed by atoms with Crippen LogP contribution in [0.1, 0.15) is 32.1 Å². The summed E-state index contributed by atoms with van der Waals surface area (Å²) in [5.41, 5.74) is 1.17. The minimum Gasteiger partial charge on any atom is -0.286 e. The van der Waals surface area contributed by atoms with E-state index in [0.29, 0.717) is 28.4 Å². The van der Waals surface area contributed by atoms with Crippen LogP contribution in [0.15, 0.2) is 24.3 Å². The Kier molecular flexibility index (Phi) is 5.69. The van der Waals surface area contributed by atoms with Gasteiger partial charge in [-0.15, -0.1) is 10.2 Å². The number of para-hydroxylation sites is 1. The topological polar surface area (TPSA) is 126 Å². The monoisotopic (exact) mass is 358 g/mol. The summed E-state index contributed by atoms with van der Waals surface area (Å²) in [4.78, 5) is 27.9. The Hall–Kier alpha value is -2.65. The molecular weight excluding hydrogens is 336 g/mol. The molecule has 26 heavy (non-hydrogen) atoms. The predicted octanol–water partition coefficient (Wildman–Crippen LogP) is 1.28. The first-order chi connectivity index (χ1) is 12.6. The van der Waals surface area contributed by atoms with E-state index in [1.807, 2.05) is 6.07 Å². The van der Waals surface area contributed by atoms with Crippen LogP contribution in [0.4, 0.5) is 5.95 Å². The molecule has 1 unspecified atom stereocenters. The third-order valence-electron chi connectivity index (χ3n) is 4.77. The van der Waals surface area contributed by atoms with Gasteiger partial charge in [0.1, 0.15) is 5.52 Å². The van der Waals surface area contributed by atoms with Gasteiger partial charge in [-0.25, -0.2) is 20.9 Å². The van der Waals surface area contributed by atoms with Gasteiger partial charge in [0, 0.05) is 0 Å². The number of amides is 2. The minimum atomic E-state index is -0.631. The van der Waals surface area contributed by atoms with E-state index in [0.717, 1.165) is 30.7 Å². The van der Waals surface area contributed by atoms with E-state index >= 15 is 0 Å². The highest BCUT2D eigenvalue weighted by Crippen LogP contribution is 2.31. The van der Waals surface area contributed by atoms with Crippen molar-refractivity contribution in [2.75, 3.05) is 11.6 Å². The lowest BCUT2D eigenvalue weighted by Gasteiger charge is -2.25. The summed E-state index contributed by atoms with van der Waals surface area (Å²) >= 11 is 0. The Morgan fingerprint density at radius 3 is 2.65 bits per heavy atom. The molecule has 0 bridgehead atoms. The van der Waals surface area contributed by atoms with E-state index in [9.17, 15) is 14.8 Å². The summed E-state index contributed by atoms with van der Waals surface area (Å²) in [7, 11) is 0. The zero-order chi connectivity index (χ0) is 18.5. The highest BCUT2D eigenvalue weighted by molar-refractivity contribution is 5.93. The number of hydroxylamine groups is 2. The molecular formula is C17H22N6O3. The first-order valence-electron chi connectivity index (χ1n) is 8.67. The van der Waals surface area contributed by atoms with Gasteiger partial charge in [-0.1, -0.05) is 37.8 Å². The molecule has 1 aliphatic rings. The van der Waals surface area contributed by atoms with Gasteiger partial charge in [0.2, 0.25) is 12.3 Å². The van der Waals surface area contributed by atoms with Crippen molar-refractivity contribution in [2.24, 2.45) is 17.7 Å². The Bertz CT molecular complexity index is 780. The van der Waals surface area contributed by atoms with E-state index in [2.05, 4.69) is 15.2 Å². The average Bonchev–Trinajstić information content (AvgIpc) is 3.18. The number of aromatic nitrogens is 3.